The molecule has 0 fully saturated rings. The zero-order valence-corrected chi connectivity index (χ0v) is 17.9. The van der Waals surface area contributed by atoms with E-state index in [4.69, 9.17) is 4.52 Å². The van der Waals surface area contributed by atoms with E-state index in [0.717, 1.165) is 5.56 Å². The van der Waals surface area contributed by atoms with Gasteiger partial charge in [0.15, 0.2) is 0 Å². The number of nitro benzene ring substituents is 1. The van der Waals surface area contributed by atoms with Gasteiger partial charge in [0.05, 0.1) is 4.92 Å². The standard InChI is InChI=1S/C23H26N4O4/c1-23(2,3)15-21(28)26(16-17-7-5-4-6-8-17)14-13-20-24-22(25-31-20)18-9-11-19(12-10-18)27(29)30/h4-12H,13-16H2,1-3H3. The number of nitrogens with zero attached hydrogens (tertiary/aromatic N) is 4. The molecule has 0 aliphatic carbocycles. The lowest BCUT2D eigenvalue weighted by Crippen LogP contribution is -2.34. The number of benzene rings is 2. The van der Waals surface area contributed by atoms with Crippen LogP contribution >= 0.6 is 0 Å². The van der Waals surface area contributed by atoms with E-state index in [9.17, 15) is 14.9 Å². The topological polar surface area (TPSA) is 102 Å². The Morgan fingerprint density at radius 1 is 1.10 bits per heavy atom. The minimum atomic E-state index is -0.457. The Balaban J connectivity index is 1.69. The van der Waals surface area contributed by atoms with Gasteiger partial charge in [0.25, 0.3) is 5.69 Å². The van der Waals surface area contributed by atoms with Crippen LogP contribution in [0, 0.1) is 15.5 Å². The molecule has 0 aliphatic heterocycles. The zero-order chi connectivity index (χ0) is 22.4. The summed E-state index contributed by atoms with van der Waals surface area (Å²) in [5, 5.41) is 14.8. The quantitative estimate of drug-likeness (QED) is 0.387. The Hall–Kier alpha value is -3.55. The van der Waals surface area contributed by atoms with Crippen LogP contribution in [-0.4, -0.2) is 32.4 Å². The van der Waals surface area contributed by atoms with Crippen LogP contribution in [0.1, 0.15) is 38.6 Å². The Kier molecular flexibility index (Phi) is 6.79. The minimum absolute atomic E-state index is 0.00128. The second-order valence-electron chi connectivity index (χ2n) is 8.60. The Morgan fingerprint density at radius 3 is 2.39 bits per heavy atom. The number of aromatic nitrogens is 2. The van der Waals surface area contributed by atoms with Gasteiger partial charge < -0.3 is 9.42 Å². The minimum Gasteiger partial charge on any atom is -0.339 e. The van der Waals surface area contributed by atoms with Crippen LogP contribution in [0.5, 0.6) is 0 Å². The molecular weight excluding hydrogens is 396 g/mol. The van der Waals surface area contributed by atoms with Crippen molar-refractivity contribution in [1.29, 1.82) is 0 Å². The molecule has 0 aliphatic rings. The van der Waals surface area contributed by atoms with Crippen LogP contribution in [0.15, 0.2) is 59.1 Å². The molecule has 0 saturated carbocycles. The molecular formula is C23H26N4O4. The largest absolute Gasteiger partial charge is 0.339 e. The number of amides is 1. The molecule has 0 N–H and O–H groups in total. The normalized spacial score (nSPS) is 11.3. The molecule has 1 amide bonds. The number of rotatable bonds is 8. The average Bonchev–Trinajstić information content (AvgIpc) is 3.19. The number of nitro groups is 1. The van der Waals surface area contributed by atoms with Crippen molar-refractivity contribution in [2.75, 3.05) is 6.54 Å². The van der Waals surface area contributed by atoms with E-state index >= 15 is 0 Å². The molecule has 0 radical (unpaired) electrons. The lowest BCUT2D eigenvalue weighted by Gasteiger charge is -2.26. The van der Waals surface area contributed by atoms with Gasteiger partial charge in [-0.3, -0.25) is 14.9 Å². The van der Waals surface area contributed by atoms with Gasteiger partial charge in [-0.15, -0.1) is 0 Å². The lowest BCUT2D eigenvalue weighted by molar-refractivity contribution is -0.384. The van der Waals surface area contributed by atoms with Crippen molar-refractivity contribution in [2.45, 2.75) is 40.2 Å². The molecule has 2 aromatic carbocycles. The third-order valence-corrected chi connectivity index (χ3v) is 4.65. The number of hydrogen-bond acceptors (Lipinski definition) is 6. The van der Waals surface area contributed by atoms with E-state index in [0.29, 0.717) is 43.2 Å². The number of carbonyl (C=O) groups is 1. The highest BCUT2D eigenvalue weighted by Gasteiger charge is 2.22. The third kappa shape index (κ3) is 6.47. The van der Waals surface area contributed by atoms with E-state index < -0.39 is 4.92 Å². The first-order valence-corrected chi connectivity index (χ1v) is 10.1. The monoisotopic (exact) mass is 422 g/mol. The predicted molar refractivity (Wildman–Crippen MR) is 116 cm³/mol. The van der Waals surface area contributed by atoms with Crippen LogP contribution in [0.25, 0.3) is 11.4 Å². The number of hydrogen-bond donors (Lipinski definition) is 0. The van der Waals surface area contributed by atoms with Crippen molar-refractivity contribution in [3.63, 3.8) is 0 Å². The summed E-state index contributed by atoms with van der Waals surface area (Å²) < 4.78 is 5.35. The second-order valence-corrected chi connectivity index (χ2v) is 8.60. The van der Waals surface area contributed by atoms with E-state index in [1.54, 1.807) is 12.1 Å². The maximum absolute atomic E-state index is 12.9. The van der Waals surface area contributed by atoms with Crippen LogP contribution in [-0.2, 0) is 17.8 Å². The summed E-state index contributed by atoms with van der Waals surface area (Å²) in [4.78, 5) is 29.4. The van der Waals surface area contributed by atoms with Crippen LogP contribution in [0.3, 0.4) is 0 Å². The van der Waals surface area contributed by atoms with Gasteiger partial charge in [0.2, 0.25) is 17.6 Å². The molecule has 1 aromatic heterocycles. The molecule has 0 unspecified atom stereocenters. The SMILES string of the molecule is CC(C)(C)CC(=O)N(CCc1nc(-c2ccc([N+](=O)[O-])cc2)no1)Cc1ccccc1. The Morgan fingerprint density at radius 2 is 1.77 bits per heavy atom. The summed E-state index contributed by atoms with van der Waals surface area (Å²) >= 11 is 0. The van der Waals surface area contributed by atoms with Gasteiger partial charge in [0.1, 0.15) is 0 Å². The zero-order valence-electron chi connectivity index (χ0n) is 17.9. The molecule has 1 heterocycles. The van der Waals surface area contributed by atoms with Crippen molar-refractivity contribution >= 4 is 11.6 Å². The fraction of sp³-hybridized carbons (Fsp3) is 0.348. The number of non-ortho nitro benzene ring substituents is 1. The first-order chi connectivity index (χ1) is 14.7. The molecule has 8 heteroatoms. The van der Waals surface area contributed by atoms with Gasteiger partial charge in [-0.2, -0.15) is 4.98 Å². The Bertz CT molecular complexity index is 1020. The predicted octanol–water partition coefficient (Wildman–Crippen LogP) is 4.65. The van der Waals surface area contributed by atoms with Crippen molar-refractivity contribution < 1.29 is 14.2 Å². The highest BCUT2D eigenvalue weighted by Crippen LogP contribution is 2.22. The van der Waals surface area contributed by atoms with Gasteiger partial charge in [-0.25, -0.2) is 0 Å². The molecule has 3 aromatic rings. The molecule has 0 saturated heterocycles. The lowest BCUT2D eigenvalue weighted by atomic mass is 9.91. The smallest absolute Gasteiger partial charge is 0.269 e. The van der Waals surface area contributed by atoms with Crippen LogP contribution in [0.2, 0.25) is 0 Å². The van der Waals surface area contributed by atoms with E-state index in [1.165, 1.54) is 12.1 Å². The van der Waals surface area contributed by atoms with Crippen molar-refractivity contribution in [1.82, 2.24) is 15.0 Å². The van der Waals surface area contributed by atoms with E-state index in [-0.39, 0.29) is 17.0 Å². The van der Waals surface area contributed by atoms with Crippen molar-refractivity contribution in [3.05, 3.63) is 76.2 Å². The maximum Gasteiger partial charge on any atom is 0.269 e. The highest BCUT2D eigenvalue weighted by atomic mass is 16.6. The summed E-state index contributed by atoms with van der Waals surface area (Å²) in [6, 6.07) is 15.8. The second kappa shape index (κ2) is 9.51. The molecule has 0 atom stereocenters. The molecule has 0 spiro atoms. The molecule has 8 nitrogen and oxygen atoms in total. The Labute approximate surface area is 181 Å². The molecule has 0 bridgehead atoms. The molecule has 162 valence electrons. The maximum atomic E-state index is 12.9. The van der Waals surface area contributed by atoms with E-state index in [2.05, 4.69) is 10.1 Å². The summed E-state index contributed by atoms with van der Waals surface area (Å²) in [5.41, 5.74) is 1.58. The molecule has 3 rings (SSSR count). The summed E-state index contributed by atoms with van der Waals surface area (Å²) in [6.07, 6.45) is 0.862. The first kappa shape index (κ1) is 22.1. The fourth-order valence-electron chi connectivity index (χ4n) is 3.10. The van der Waals surface area contributed by atoms with Crippen LogP contribution < -0.4 is 0 Å². The highest BCUT2D eigenvalue weighted by molar-refractivity contribution is 5.76. The van der Waals surface area contributed by atoms with Gasteiger partial charge in [-0.05, 0) is 23.1 Å². The third-order valence-electron chi connectivity index (χ3n) is 4.65. The summed E-state index contributed by atoms with van der Waals surface area (Å²) in [5.74, 6) is 0.849. The number of carbonyl (C=O) groups excluding carboxylic acids is 1. The van der Waals surface area contributed by atoms with Gasteiger partial charge in [-0.1, -0.05) is 56.3 Å². The van der Waals surface area contributed by atoms with E-state index in [1.807, 2.05) is 56.0 Å². The van der Waals surface area contributed by atoms with Gasteiger partial charge >= 0.3 is 0 Å². The average molecular weight is 422 g/mol. The van der Waals surface area contributed by atoms with Crippen LogP contribution in [0.4, 0.5) is 5.69 Å². The summed E-state index contributed by atoms with van der Waals surface area (Å²) in [6.45, 7) is 7.09. The van der Waals surface area contributed by atoms with Crippen molar-refractivity contribution in [3.8, 4) is 11.4 Å². The first-order valence-electron chi connectivity index (χ1n) is 10.1. The fourth-order valence-corrected chi connectivity index (χ4v) is 3.10. The summed E-state index contributed by atoms with van der Waals surface area (Å²) in [7, 11) is 0. The van der Waals surface area contributed by atoms with Gasteiger partial charge in [0, 0.05) is 43.6 Å². The molecule has 31 heavy (non-hydrogen) atoms. The van der Waals surface area contributed by atoms with Crippen molar-refractivity contribution in [2.24, 2.45) is 5.41 Å².